The molecular formula is C12H24N2O. The fraction of sp³-hybridized carbons (Fsp3) is 0.917. The largest absolute Gasteiger partial charge is 0.345 e. The van der Waals surface area contributed by atoms with E-state index in [-0.39, 0.29) is 5.91 Å². The first-order valence-corrected chi connectivity index (χ1v) is 6.12. The molecule has 0 radical (unpaired) electrons. The van der Waals surface area contributed by atoms with Crippen LogP contribution in [0.2, 0.25) is 0 Å². The summed E-state index contributed by atoms with van der Waals surface area (Å²) in [6.07, 6.45) is 7.33. The van der Waals surface area contributed by atoms with Crippen molar-refractivity contribution in [2.24, 2.45) is 5.92 Å². The fourth-order valence-electron chi connectivity index (χ4n) is 2.28. The van der Waals surface area contributed by atoms with Crippen LogP contribution in [-0.4, -0.2) is 38.0 Å². The second-order valence-corrected chi connectivity index (χ2v) is 4.63. The van der Waals surface area contributed by atoms with E-state index in [0.29, 0.717) is 6.42 Å². The molecule has 0 spiro atoms. The smallest absolute Gasteiger partial charge is 0.223 e. The van der Waals surface area contributed by atoms with E-state index in [4.69, 9.17) is 0 Å². The summed E-state index contributed by atoms with van der Waals surface area (Å²) in [6, 6.07) is 0. The van der Waals surface area contributed by atoms with Gasteiger partial charge in [-0.3, -0.25) is 4.79 Å². The number of hydrogen-bond donors (Lipinski definition) is 1. The maximum absolute atomic E-state index is 11.7. The van der Waals surface area contributed by atoms with Gasteiger partial charge in [-0.2, -0.15) is 0 Å². The molecule has 1 fully saturated rings. The van der Waals surface area contributed by atoms with E-state index in [2.05, 4.69) is 5.32 Å². The molecule has 1 aliphatic rings. The van der Waals surface area contributed by atoms with Crippen LogP contribution < -0.4 is 5.32 Å². The van der Waals surface area contributed by atoms with Gasteiger partial charge in [0.2, 0.25) is 5.91 Å². The van der Waals surface area contributed by atoms with Gasteiger partial charge in [0.1, 0.15) is 0 Å². The van der Waals surface area contributed by atoms with Crippen LogP contribution in [0.25, 0.3) is 0 Å². The van der Waals surface area contributed by atoms with E-state index in [1.54, 1.807) is 0 Å². The van der Waals surface area contributed by atoms with Crippen LogP contribution in [0, 0.1) is 5.92 Å². The zero-order valence-corrected chi connectivity index (χ0v) is 10.1. The van der Waals surface area contributed by atoms with Crippen molar-refractivity contribution in [2.75, 3.05) is 27.2 Å². The summed E-state index contributed by atoms with van der Waals surface area (Å²) < 4.78 is 0. The van der Waals surface area contributed by atoms with Crippen LogP contribution in [0.5, 0.6) is 0 Å². The van der Waals surface area contributed by atoms with E-state index >= 15 is 0 Å². The van der Waals surface area contributed by atoms with Gasteiger partial charge in [-0.1, -0.05) is 19.3 Å². The minimum atomic E-state index is 0.273. The molecule has 1 aliphatic carbocycles. The van der Waals surface area contributed by atoms with E-state index in [9.17, 15) is 4.79 Å². The van der Waals surface area contributed by atoms with E-state index in [1.807, 2.05) is 19.0 Å². The molecule has 0 saturated heterocycles. The molecule has 3 nitrogen and oxygen atoms in total. The topological polar surface area (TPSA) is 32.3 Å². The van der Waals surface area contributed by atoms with Gasteiger partial charge in [0.25, 0.3) is 0 Å². The molecule has 1 N–H and O–H groups in total. The molecule has 0 atom stereocenters. The highest BCUT2D eigenvalue weighted by Crippen LogP contribution is 2.24. The Morgan fingerprint density at radius 3 is 2.60 bits per heavy atom. The molecule has 0 aromatic carbocycles. The molecule has 1 saturated carbocycles. The zero-order chi connectivity index (χ0) is 11.1. The van der Waals surface area contributed by atoms with Crippen molar-refractivity contribution < 1.29 is 4.79 Å². The van der Waals surface area contributed by atoms with Gasteiger partial charge in [-0.25, -0.2) is 0 Å². The van der Waals surface area contributed by atoms with E-state index < -0.39 is 0 Å². The summed E-state index contributed by atoms with van der Waals surface area (Å²) in [7, 11) is 3.82. The zero-order valence-electron chi connectivity index (χ0n) is 10.1. The Labute approximate surface area is 93.2 Å². The van der Waals surface area contributed by atoms with Gasteiger partial charge in [-0.05, 0) is 25.8 Å². The number of carbonyl (C=O) groups excluding carboxylic acids is 1. The third kappa shape index (κ3) is 4.65. The SMILES string of the molecule is CNCCC(=O)N(C)CC1CCCCC1. The monoisotopic (exact) mass is 212 g/mol. The number of amides is 1. The van der Waals surface area contributed by atoms with Crippen molar-refractivity contribution in [1.82, 2.24) is 10.2 Å². The second-order valence-electron chi connectivity index (χ2n) is 4.63. The molecular weight excluding hydrogens is 188 g/mol. The lowest BCUT2D eigenvalue weighted by molar-refractivity contribution is -0.130. The summed E-state index contributed by atoms with van der Waals surface area (Å²) in [6.45, 7) is 1.75. The van der Waals surface area contributed by atoms with Crippen LogP contribution in [-0.2, 0) is 4.79 Å². The van der Waals surface area contributed by atoms with Crippen molar-refractivity contribution in [2.45, 2.75) is 38.5 Å². The molecule has 0 aromatic heterocycles. The maximum Gasteiger partial charge on any atom is 0.223 e. The Bertz CT molecular complexity index is 188. The average Bonchev–Trinajstić information content (AvgIpc) is 2.27. The molecule has 15 heavy (non-hydrogen) atoms. The Kier molecular flexibility index (Phi) is 5.69. The lowest BCUT2D eigenvalue weighted by Crippen LogP contribution is -2.34. The van der Waals surface area contributed by atoms with E-state index in [0.717, 1.165) is 19.0 Å². The predicted octanol–water partition coefficient (Wildman–Crippen LogP) is 1.63. The first-order chi connectivity index (χ1) is 7.24. The Morgan fingerprint density at radius 2 is 2.00 bits per heavy atom. The van der Waals surface area contributed by atoms with Crippen LogP contribution >= 0.6 is 0 Å². The second kappa shape index (κ2) is 6.83. The number of nitrogens with zero attached hydrogens (tertiary/aromatic N) is 1. The van der Waals surface area contributed by atoms with Crippen molar-refractivity contribution in [3.05, 3.63) is 0 Å². The first-order valence-electron chi connectivity index (χ1n) is 6.12. The van der Waals surface area contributed by atoms with Crippen molar-refractivity contribution in [1.29, 1.82) is 0 Å². The summed E-state index contributed by atoms with van der Waals surface area (Å²) >= 11 is 0. The van der Waals surface area contributed by atoms with Crippen LogP contribution in [0.15, 0.2) is 0 Å². The number of nitrogens with one attached hydrogen (secondary N) is 1. The standard InChI is InChI=1S/C12H24N2O/c1-13-9-8-12(15)14(2)10-11-6-4-3-5-7-11/h11,13H,3-10H2,1-2H3. The minimum absolute atomic E-state index is 0.273. The molecule has 0 aromatic rings. The molecule has 0 aliphatic heterocycles. The minimum Gasteiger partial charge on any atom is -0.345 e. The summed E-state index contributed by atoms with van der Waals surface area (Å²) in [5, 5.41) is 3.01. The van der Waals surface area contributed by atoms with Crippen LogP contribution in [0.3, 0.4) is 0 Å². The number of carbonyl (C=O) groups is 1. The van der Waals surface area contributed by atoms with Crippen molar-refractivity contribution >= 4 is 5.91 Å². The van der Waals surface area contributed by atoms with Gasteiger partial charge in [0, 0.05) is 26.6 Å². The predicted molar refractivity (Wildman–Crippen MR) is 62.8 cm³/mol. The maximum atomic E-state index is 11.7. The molecule has 88 valence electrons. The van der Waals surface area contributed by atoms with Gasteiger partial charge in [0.05, 0.1) is 0 Å². The van der Waals surface area contributed by atoms with Gasteiger partial charge in [0.15, 0.2) is 0 Å². The molecule has 0 bridgehead atoms. The molecule has 1 rings (SSSR count). The van der Waals surface area contributed by atoms with Crippen molar-refractivity contribution in [3.63, 3.8) is 0 Å². The highest BCUT2D eigenvalue weighted by atomic mass is 16.2. The third-order valence-electron chi connectivity index (χ3n) is 3.27. The third-order valence-corrected chi connectivity index (χ3v) is 3.27. The summed E-state index contributed by atoms with van der Waals surface area (Å²) in [5.74, 6) is 1.03. The lowest BCUT2D eigenvalue weighted by atomic mass is 9.89. The molecule has 1 amide bonds. The average molecular weight is 212 g/mol. The quantitative estimate of drug-likeness (QED) is 0.751. The summed E-state index contributed by atoms with van der Waals surface area (Å²) in [4.78, 5) is 13.6. The van der Waals surface area contributed by atoms with Gasteiger partial charge < -0.3 is 10.2 Å². The molecule has 3 heteroatoms. The lowest BCUT2D eigenvalue weighted by Gasteiger charge is -2.27. The van der Waals surface area contributed by atoms with E-state index in [1.165, 1.54) is 32.1 Å². The fourth-order valence-corrected chi connectivity index (χ4v) is 2.28. The van der Waals surface area contributed by atoms with Gasteiger partial charge in [-0.15, -0.1) is 0 Å². The highest BCUT2D eigenvalue weighted by molar-refractivity contribution is 5.76. The van der Waals surface area contributed by atoms with Gasteiger partial charge >= 0.3 is 0 Å². The van der Waals surface area contributed by atoms with Crippen molar-refractivity contribution in [3.8, 4) is 0 Å². The van der Waals surface area contributed by atoms with Crippen LogP contribution in [0.1, 0.15) is 38.5 Å². The number of rotatable bonds is 5. The van der Waals surface area contributed by atoms with Crippen LogP contribution in [0.4, 0.5) is 0 Å². The summed E-state index contributed by atoms with van der Waals surface area (Å²) in [5.41, 5.74) is 0. The Hall–Kier alpha value is -0.570. The number of hydrogen-bond acceptors (Lipinski definition) is 2. The highest BCUT2D eigenvalue weighted by Gasteiger charge is 2.17. The Balaban J connectivity index is 2.20. The molecule has 0 unspecified atom stereocenters. The molecule has 0 heterocycles. The Morgan fingerprint density at radius 1 is 1.33 bits per heavy atom. The first kappa shape index (κ1) is 12.5. The normalized spacial score (nSPS) is 17.7.